The van der Waals surface area contributed by atoms with Gasteiger partial charge in [0.05, 0.1) is 0 Å². The molecule has 0 spiro atoms. The second-order valence-electron chi connectivity index (χ2n) is 4.08. The molecule has 3 heteroatoms. The zero-order valence-electron chi connectivity index (χ0n) is 10.9. The van der Waals surface area contributed by atoms with E-state index in [1.54, 1.807) is 0 Å². The van der Waals surface area contributed by atoms with Crippen molar-refractivity contribution < 1.29 is 32.7 Å². The average Bonchev–Trinajstić information content (AvgIpc) is 2.46. The number of benzene rings is 2. The van der Waals surface area contributed by atoms with Gasteiger partial charge in [-0.05, 0) is 12.1 Å². The minimum atomic E-state index is -0.327. The molecule has 2 aromatic rings. The summed E-state index contributed by atoms with van der Waals surface area (Å²) in [5.74, 6) is 0. The molecule has 1 unspecified atom stereocenters. The van der Waals surface area contributed by atoms with Gasteiger partial charge in [-0.3, -0.25) is 10.2 Å². The van der Waals surface area contributed by atoms with Crippen molar-refractivity contribution in [3.63, 3.8) is 0 Å². The van der Waals surface area contributed by atoms with Crippen LogP contribution in [0.5, 0.6) is 0 Å². The fourth-order valence-electron chi connectivity index (χ4n) is 1.80. The van der Waals surface area contributed by atoms with E-state index in [0.717, 1.165) is 17.2 Å². The second-order valence-corrected chi connectivity index (χ2v) is 4.08. The van der Waals surface area contributed by atoms with E-state index in [4.69, 9.17) is 6.57 Å². The Balaban J connectivity index is 0.00000180. The maximum absolute atomic E-state index is 7.30. The maximum atomic E-state index is 7.30. The van der Waals surface area contributed by atoms with Crippen molar-refractivity contribution in [2.24, 2.45) is 0 Å². The normalized spacial score (nSPS) is 10.9. The van der Waals surface area contributed by atoms with E-state index in [2.05, 4.69) is 10.2 Å². The smallest absolute Gasteiger partial charge is 0.292 e. The molecule has 2 aromatic carbocycles. The van der Waals surface area contributed by atoms with Crippen LogP contribution in [0, 0.1) is 12.6 Å². The molecular formula is C16H15N2Y-. The van der Waals surface area contributed by atoms with Crippen molar-refractivity contribution >= 4 is 0 Å². The molecule has 0 saturated heterocycles. The van der Waals surface area contributed by atoms with Gasteiger partial charge in [0.1, 0.15) is 0 Å². The fraction of sp³-hybridized carbons (Fsp3) is 0.125. The zero-order chi connectivity index (χ0) is 12.8. The topological polar surface area (TPSA) is 16.4 Å². The fourth-order valence-corrected chi connectivity index (χ4v) is 1.80. The molecule has 0 fully saturated rings. The van der Waals surface area contributed by atoms with Gasteiger partial charge in [-0.25, -0.2) is 6.57 Å². The third kappa shape index (κ3) is 4.47. The Morgan fingerprint density at radius 3 is 2.05 bits per heavy atom. The summed E-state index contributed by atoms with van der Waals surface area (Å²) in [6.45, 7) is 9.30. The van der Waals surface area contributed by atoms with Crippen LogP contribution in [0.15, 0.2) is 60.7 Å². The molecule has 0 bridgehead atoms. The first-order valence-corrected chi connectivity index (χ1v) is 5.88. The van der Waals surface area contributed by atoms with Crippen LogP contribution in [0.2, 0.25) is 0 Å². The molecular weight excluding hydrogens is 309 g/mol. The molecule has 0 amide bonds. The van der Waals surface area contributed by atoms with Crippen molar-refractivity contribution in [3.8, 4) is 0 Å². The van der Waals surface area contributed by atoms with Crippen LogP contribution in [-0.4, -0.2) is 0 Å². The van der Waals surface area contributed by atoms with Crippen LogP contribution in [0.3, 0.4) is 0 Å². The monoisotopic (exact) mass is 324 g/mol. The predicted molar refractivity (Wildman–Crippen MR) is 73.4 cm³/mol. The first kappa shape index (κ1) is 15.9. The molecule has 0 saturated carbocycles. The van der Waals surface area contributed by atoms with Crippen LogP contribution < -0.4 is 5.32 Å². The van der Waals surface area contributed by atoms with E-state index in [-0.39, 0.29) is 38.9 Å². The van der Waals surface area contributed by atoms with Crippen LogP contribution in [-0.2, 0) is 32.7 Å². The summed E-state index contributed by atoms with van der Waals surface area (Å²) in [6, 6.07) is 20.9. The summed E-state index contributed by atoms with van der Waals surface area (Å²) in [6.07, 6.45) is -0.327. The minimum Gasteiger partial charge on any atom is -0.292 e. The Kier molecular flexibility index (Phi) is 6.80. The Bertz CT molecular complexity index is 519. The SMILES string of the molecule is [C-]#[N+]C(N[C-](C)c1ccccc1)c1ccccc1.[Y]. The molecule has 0 aliphatic rings. The summed E-state index contributed by atoms with van der Waals surface area (Å²) < 4.78 is 0. The van der Waals surface area contributed by atoms with Crippen molar-refractivity contribution in [1.82, 2.24) is 5.32 Å². The molecule has 1 radical (unpaired) electrons. The molecule has 0 aromatic heterocycles. The molecule has 0 aliphatic heterocycles. The average molecular weight is 324 g/mol. The summed E-state index contributed by atoms with van der Waals surface area (Å²) in [4.78, 5) is 3.64. The van der Waals surface area contributed by atoms with Gasteiger partial charge in [-0.1, -0.05) is 31.2 Å². The summed E-state index contributed by atoms with van der Waals surface area (Å²) in [7, 11) is 0. The summed E-state index contributed by atoms with van der Waals surface area (Å²) >= 11 is 0. The van der Waals surface area contributed by atoms with Gasteiger partial charge in [0.2, 0.25) is 0 Å². The molecule has 1 atom stereocenters. The van der Waals surface area contributed by atoms with E-state index in [9.17, 15) is 0 Å². The molecule has 93 valence electrons. The van der Waals surface area contributed by atoms with Gasteiger partial charge in [-0.15, -0.1) is 18.2 Å². The zero-order valence-corrected chi connectivity index (χ0v) is 13.7. The molecule has 2 rings (SSSR count). The van der Waals surface area contributed by atoms with Crippen molar-refractivity contribution in [2.75, 3.05) is 0 Å². The van der Waals surface area contributed by atoms with E-state index in [0.29, 0.717) is 0 Å². The minimum absolute atomic E-state index is 0. The standard InChI is InChI=1S/C16H15N2.Y/c1-13(14-9-5-3-6-10-14)18-16(17-2)15-11-7-4-8-12-15;/h3-12,16,18H,1H3;/q-1;. The second kappa shape index (κ2) is 8.12. The van der Waals surface area contributed by atoms with E-state index < -0.39 is 0 Å². The third-order valence-corrected chi connectivity index (χ3v) is 2.80. The molecule has 2 nitrogen and oxygen atoms in total. The number of nitrogens with one attached hydrogen (secondary N) is 1. The number of hydrogen-bond acceptors (Lipinski definition) is 1. The molecule has 1 N–H and O–H groups in total. The number of rotatable bonds is 4. The molecule has 0 aliphatic carbocycles. The Morgan fingerprint density at radius 2 is 1.53 bits per heavy atom. The summed E-state index contributed by atoms with van der Waals surface area (Å²) in [5.41, 5.74) is 2.10. The van der Waals surface area contributed by atoms with Crippen molar-refractivity contribution in [1.29, 1.82) is 0 Å². The van der Waals surface area contributed by atoms with Gasteiger partial charge in [0.15, 0.2) is 0 Å². The Morgan fingerprint density at radius 1 is 1.00 bits per heavy atom. The summed E-state index contributed by atoms with van der Waals surface area (Å²) in [5, 5.41) is 3.26. The van der Waals surface area contributed by atoms with E-state index in [1.165, 1.54) is 0 Å². The largest absolute Gasteiger partial charge is 0.296 e. The van der Waals surface area contributed by atoms with Crippen LogP contribution >= 0.6 is 0 Å². The van der Waals surface area contributed by atoms with Gasteiger partial charge in [-0.2, -0.15) is 17.7 Å². The van der Waals surface area contributed by atoms with Gasteiger partial charge in [0.25, 0.3) is 6.17 Å². The maximum Gasteiger partial charge on any atom is 0.296 e. The van der Waals surface area contributed by atoms with E-state index >= 15 is 0 Å². The van der Waals surface area contributed by atoms with E-state index in [1.807, 2.05) is 67.6 Å². The van der Waals surface area contributed by atoms with Crippen molar-refractivity contribution in [2.45, 2.75) is 13.1 Å². The van der Waals surface area contributed by atoms with Crippen LogP contribution in [0.25, 0.3) is 4.85 Å². The Labute approximate surface area is 139 Å². The first-order valence-electron chi connectivity index (χ1n) is 5.88. The quantitative estimate of drug-likeness (QED) is 0.847. The van der Waals surface area contributed by atoms with Crippen LogP contribution in [0.1, 0.15) is 24.2 Å². The van der Waals surface area contributed by atoms with Crippen molar-refractivity contribution in [3.05, 3.63) is 89.2 Å². The first-order chi connectivity index (χ1) is 8.81. The number of hydrogen-bond donors (Lipinski definition) is 1. The Hall–Kier alpha value is -1.14. The third-order valence-electron chi connectivity index (χ3n) is 2.80. The molecule has 19 heavy (non-hydrogen) atoms. The van der Waals surface area contributed by atoms with Gasteiger partial charge in [0, 0.05) is 38.3 Å². The van der Waals surface area contributed by atoms with Crippen LogP contribution in [0.4, 0.5) is 0 Å². The number of nitrogens with zero attached hydrogens (tertiary/aromatic N) is 1. The predicted octanol–water partition coefficient (Wildman–Crippen LogP) is 3.79. The van der Waals surface area contributed by atoms with Gasteiger partial charge >= 0.3 is 0 Å². The molecule has 0 heterocycles. The van der Waals surface area contributed by atoms with Gasteiger partial charge < -0.3 is 0 Å².